The van der Waals surface area contributed by atoms with Gasteiger partial charge in [-0.05, 0) is 67.4 Å². The molecule has 4 aromatic rings. The number of H-pyrrole nitrogens is 1. The molecule has 0 saturated carbocycles. The van der Waals surface area contributed by atoms with Crippen LogP contribution in [0.1, 0.15) is 29.3 Å². The van der Waals surface area contributed by atoms with Crippen LogP contribution in [0, 0.1) is 6.92 Å². The van der Waals surface area contributed by atoms with E-state index in [1.54, 1.807) is 6.20 Å². The van der Waals surface area contributed by atoms with Crippen LogP contribution in [-0.4, -0.2) is 83.7 Å². The summed E-state index contributed by atoms with van der Waals surface area (Å²) in [6.07, 6.45) is -1.36. The monoisotopic (exact) mass is 650 g/mol. The number of aromatic nitrogens is 2. The van der Waals surface area contributed by atoms with Gasteiger partial charge in [-0.2, -0.15) is 13.2 Å². The van der Waals surface area contributed by atoms with Crippen LogP contribution in [0.15, 0.2) is 67.4 Å². The molecule has 0 unspecified atom stereocenters. The van der Waals surface area contributed by atoms with Crippen molar-refractivity contribution in [3.05, 3.63) is 78.5 Å². The van der Waals surface area contributed by atoms with Crippen LogP contribution in [0.2, 0.25) is 0 Å². The van der Waals surface area contributed by atoms with Crippen molar-refractivity contribution < 1.29 is 32.7 Å². The maximum Gasteiger partial charge on any atom is 0.490 e. The van der Waals surface area contributed by atoms with E-state index in [0.29, 0.717) is 23.4 Å². The van der Waals surface area contributed by atoms with Crippen molar-refractivity contribution in [3.8, 4) is 22.4 Å². The smallest absolute Gasteiger partial charge is 0.475 e. The number of pyridine rings is 1. The number of nitrogens with one attached hydrogen (secondary N) is 3. The predicted octanol–water partition coefficient (Wildman–Crippen LogP) is 5.85. The first-order chi connectivity index (χ1) is 22.3. The number of aromatic amines is 1. The lowest BCUT2D eigenvalue weighted by Crippen LogP contribution is -2.44. The Bertz CT molecular complexity index is 1760. The number of carbonyl (C=O) groups excluding carboxylic acids is 2. The molecule has 0 atom stereocenters. The van der Waals surface area contributed by atoms with Crippen molar-refractivity contribution in [2.24, 2.45) is 0 Å². The molecule has 1 aliphatic rings. The van der Waals surface area contributed by atoms with Gasteiger partial charge in [0.15, 0.2) is 0 Å². The van der Waals surface area contributed by atoms with Gasteiger partial charge in [0.1, 0.15) is 5.65 Å². The Balaban J connectivity index is 0.000000644. The number of hydrogen-bond donors (Lipinski definition) is 4. The highest BCUT2D eigenvalue weighted by atomic mass is 19.4. The first-order valence-electron chi connectivity index (χ1n) is 15.0. The summed E-state index contributed by atoms with van der Waals surface area (Å²) in [6, 6.07) is 16.5. The molecule has 1 aliphatic heterocycles. The number of benzene rings is 2. The van der Waals surface area contributed by atoms with Crippen molar-refractivity contribution in [3.63, 3.8) is 0 Å². The normalized spacial score (nSPS) is 13.4. The van der Waals surface area contributed by atoms with Crippen LogP contribution < -0.4 is 15.5 Å². The van der Waals surface area contributed by atoms with E-state index in [-0.39, 0.29) is 11.8 Å². The Kier molecular flexibility index (Phi) is 11.0. The quantitative estimate of drug-likeness (QED) is 0.176. The van der Waals surface area contributed by atoms with E-state index < -0.39 is 12.1 Å². The Morgan fingerprint density at radius 2 is 1.68 bits per heavy atom. The molecule has 1 saturated heterocycles. The molecule has 47 heavy (non-hydrogen) atoms. The SMILES string of the molecule is C=CC(=O)Nc1cc(-c2c(-c3ccc(N4CCN(C)CC4)cc3)[nH]c3ncc(C(=O)NCCC)cc23)ccc1C.O=C(O)C(F)(F)F. The molecule has 248 valence electrons. The molecule has 2 aromatic heterocycles. The van der Waals surface area contributed by atoms with E-state index in [2.05, 4.69) is 68.3 Å². The minimum Gasteiger partial charge on any atom is -0.475 e. The first-order valence-corrected chi connectivity index (χ1v) is 15.0. The highest BCUT2D eigenvalue weighted by Crippen LogP contribution is 2.40. The topological polar surface area (TPSA) is 131 Å². The number of likely N-dealkylation sites (N-methyl/N-ethyl adjacent to an activating group) is 1. The largest absolute Gasteiger partial charge is 0.490 e. The number of alkyl halides is 3. The number of amides is 2. The maximum atomic E-state index is 12.8. The number of carboxylic acid groups (broad SMARTS) is 1. The summed E-state index contributed by atoms with van der Waals surface area (Å²) in [5.41, 5.74) is 7.79. The molecule has 0 radical (unpaired) electrons. The van der Waals surface area contributed by atoms with E-state index in [4.69, 9.17) is 9.90 Å². The lowest BCUT2D eigenvalue weighted by molar-refractivity contribution is -0.192. The van der Waals surface area contributed by atoms with Crippen molar-refractivity contribution in [2.75, 3.05) is 50.0 Å². The van der Waals surface area contributed by atoms with Gasteiger partial charge in [0.2, 0.25) is 5.91 Å². The molecule has 0 spiro atoms. The molecule has 3 heterocycles. The van der Waals surface area contributed by atoms with Gasteiger partial charge in [0.25, 0.3) is 5.91 Å². The maximum absolute atomic E-state index is 12.8. The number of hydrogen-bond acceptors (Lipinski definition) is 6. The molecule has 2 amide bonds. The van der Waals surface area contributed by atoms with Crippen molar-refractivity contribution in [2.45, 2.75) is 26.4 Å². The van der Waals surface area contributed by atoms with Crippen LogP contribution in [0.5, 0.6) is 0 Å². The standard InChI is InChI=1S/C32H36N6O2.C2HF3O2/c1-5-13-33-32(40)24-18-26-29(23-8-7-21(3)27(19-23)35-28(39)6-2)30(36-31(26)34-20-24)22-9-11-25(12-10-22)38-16-14-37(4)15-17-38;3-2(4,5)1(6)7/h6-12,18-20H,2,5,13-17H2,1,3-4H3,(H,33,40)(H,34,36)(H,35,39);(H,6,7). The number of nitrogens with zero attached hydrogens (tertiary/aromatic N) is 3. The third-order valence-corrected chi connectivity index (χ3v) is 7.68. The van der Waals surface area contributed by atoms with Gasteiger partial charge in [0, 0.05) is 61.2 Å². The highest BCUT2D eigenvalue weighted by molar-refractivity contribution is 6.07. The second-order valence-corrected chi connectivity index (χ2v) is 11.1. The second-order valence-electron chi connectivity index (χ2n) is 11.1. The predicted molar refractivity (Wildman–Crippen MR) is 177 cm³/mol. The number of aryl methyl sites for hydroxylation is 1. The van der Waals surface area contributed by atoms with Crippen molar-refractivity contribution in [1.82, 2.24) is 20.2 Å². The average molecular weight is 651 g/mol. The Hall–Kier alpha value is -5.17. The minimum atomic E-state index is -5.08. The van der Waals surface area contributed by atoms with E-state index in [0.717, 1.165) is 65.9 Å². The number of carboxylic acids is 1. The van der Waals surface area contributed by atoms with Crippen LogP contribution in [0.4, 0.5) is 24.5 Å². The molecule has 2 aromatic carbocycles. The van der Waals surface area contributed by atoms with Crippen LogP contribution in [-0.2, 0) is 9.59 Å². The van der Waals surface area contributed by atoms with Crippen LogP contribution in [0.3, 0.4) is 0 Å². The number of piperazine rings is 1. The summed E-state index contributed by atoms with van der Waals surface area (Å²) in [5.74, 6) is -3.17. The number of aliphatic carboxylic acids is 1. The van der Waals surface area contributed by atoms with Crippen molar-refractivity contribution >= 4 is 40.2 Å². The molecule has 13 heteroatoms. The zero-order valence-electron chi connectivity index (χ0n) is 26.4. The van der Waals surface area contributed by atoms with E-state index in [9.17, 15) is 22.8 Å². The summed E-state index contributed by atoms with van der Waals surface area (Å²) < 4.78 is 31.7. The zero-order chi connectivity index (χ0) is 34.3. The van der Waals surface area contributed by atoms with Gasteiger partial charge in [-0.1, -0.05) is 37.8 Å². The lowest BCUT2D eigenvalue weighted by Gasteiger charge is -2.34. The minimum absolute atomic E-state index is 0.149. The summed E-state index contributed by atoms with van der Waals surface area (Å²) >= 11 is 0. The second kappa shape index (κ2) is 14.9. The molecule has 4 N–H and O–H groups in total. The van der Waals surface area contributed by atoms with Gasteiger partial charge in [-0.25, -0.2) is 9.78 Å². The molecule has 10 nitrogen and oxygen atoms in total. The average Bonchev–Trinajstić information content (AvgIpc) is 3.43. The van der Waals surface area contributed by atoms with Gasteiger partial charge in [0.05, 0.1) is 11.3 Å². The van der Waals surface area contributed by atoms with Gasteiger partial charge in [-0.3, -0.25) is 9.59 Å². The van der Waals surface area contributed by atoms with Gasteiger partial charge in [-0.15, -0.1) is 0 Å². The van der Waals surface area contributed by atoms with Gasteiger partial charge >= 0.3 is 12.1 Å². The number of halogens is 3. The summed E-state index contributed by atoms with van der Waals surface area (Å²) in [4.78, 5) is 46.7. The Labute approximate surface area is 270 Å². The fourth-order valence-corrected chi connectivity index (χ4v) is 5.05. The highest BCUT2D eigenvalue weighted by Gasteiger charge is 2.38. The lowest BCUT2D eigenvalue weighted by atomic mass is 9.96. The fourth-order valence-electron chi connectivity index (χ4n) is 5.05. The third kappa shape index (κ3) is 8.55. The molecule has 0 aliphatic carbocycles. The third-order valence-electron chi connectivity index (χ3n) is 7.68. The summed E-state index contributed by atoms with van der Waals surface area (Å²) in [7, 11) is 2.16. The number of fused-ring (bicyclic) bond motifs is 1. The summed E-state index contributed by atoms with van der Waals surface area (Å²) in [5, 5.41) is 13.8. The van der Waals surface area contributed by atoms with Crippen molar-refractivity contribution in [1.29, 1.82) is 0 Å². The molecule has 1 fully saturated rings. The zero-order valence-corrected chi connectivity index (χ0v) is 26.4. The van der Waals surface area contributed by atoms with E-state index in [1.165, 1.54) is 11.8 Å². The van der Waals surface area contributed by atoms with Gasteiger partial charge < -0.3 is 30.5 Å². The fraction of sp³-hybridized carbons (Fsp3) is 0.294. The first kappa shape index (κ1) is 34.7. The summed E-state index contributed by atoms with van der Waals surface area (Å²) in [6.45, 7) is 12.3. The Morgan fingerprint density at radius 3 is 2.28 bits per heavy atom. The molecular weight excluding hydrogens is 613 g/mol. The molecular formula is C34H37F3N6O4. The van der Waals surface area contributed by atoms with E-state index >= 15 is 0 Å². The van der Waals surface area contributed by atoms with E-state index in [1.807, 2.05) is 38.1 Å². The van der Waals surface area contributed by atoms with Crippen LogP contribution in [0.25, 0.3) is 33.4 Å². The number of carbonyl (C=O) groups is 3. The van der Waals surface area contributed by atoms with Crippen LogP contribution >= 0.6 is 0 Å². The number of anilines is 2. The Morgan fingerprint density at radius 1 is 1.04 bits per heavy atom. The number of rotatable bonds is 8. The molecule has 0 bridgehead atoms. The molecule has 5 rings (SSSR count).